The van der Waals surface area contributed by atoms with E-state index in [1.54, 1.807) is 0 Å². The molecule has 0 aromatic carbocycles. The molecule has 98 valence electrons. The fourth-order valence-electron chi connectivity index (χ4n) is 1.96. The molecule has 5 nitrogen and oxygen atoms in total. The highest BCUT2D eigenvalue weighted by molar-refractivity contribution is 5.83. The molecular formula is C12H24N4O. The molecule has 1 rings (SSSR count). The summed E-state index contributed by atoms with van der Waals surface area (Å²) in [6.07, 6.45) is 3.67. The van der Waals surface area contributed by atoms with Crippen LogP contribution in [0.1, 0.15) is 39.5 Å². The van der Waals surface area contributed by atoms with Crippen molar-refractivity contribution in [3.05, 3.63) is 0 Å². The SMILES string of the molecule is CCCCNC(=O)N1CCC(C)(C(=N)N)CC1. The van der Waals surface area contributed by atoms with Crippen LogP contribution in [0.15, 0.2) is 0 Å². The normalized spacial score (nSPS) is 18.8. The highest BCUT2D eigenvalue weighted by Crippen LogP contribution is 2.30. The zero-order chi connectivity index (χ0) is 12.9. The second-order valence-corrected chi connectivity index (χ2v) is 5.05. The van der Waals surface area contributed by atoms with E-state index in [1.165, 1.54) is 0 Å². The van der Waals surface area contributed by atoms with Crippen LogP contribution >= 0.6 is 0 Å². The lowest BCUT2D eigenvalue weighted by atomic mass is 9.79. The molecule has 0 saturated carbocycles. The van der Waals surface area contributed by atoms with Gasteiger partial charge in [-0.15, -0.1) is 0 Å². The number of carbonyl (C=O) groups excluding carboxylic acids is 1. The zero-order valence-corrected chi connectivity index (χ0v) is 10.9. The van der Waals surface area contributed by atoms with E-state index in [1.807, 2.05) is 11.8 Å². The molecule has 1 fully saturated rings. The average Bonchev–Trinajstić information content (AvgIpc) is 2.30. The Hall–Kier alpha value is -1.26. The summed E-state index contributed by atoms with van der Waals surface area (Å²) in [5.74, 6) is 0.239. The number of likely N-dealkylation sites (tertiary alicyclic amines) is 1. The number of nitrogens with two attached hydrogens (primary N) is 1. The van der Waals surface area contributed by atoms with Gasteiger partial charge in [-0.1, -0.05) is 20.3 Å². The van der Waals surface area contributed by atoms with Crippen molar-refractivity contribution in [2.45, 2.75) is 39.5 Å². The number of amides is 2. The minimum absolute atomic E-state index is 0.0176. The smallest absolute Gasteiger partial charge is 0.317 e. The Bertz CT molecular complexity index is 282. The molecule has 0 unspecified atom stereocenters. The number of amidine groups is 1. The van der Waals surface area contributed by atoms with E-state index in [-0.39, 0.29) is 17.3 Å². The van der Waals surface area contributed by atoms with Gasteiger partial charge in [-0.2, -0.15) is 0 Å². The Morgan fingerprint density at radius 3 is 2.53 bits per heavy atom. The molecule has 0 aromatic rings. The summed E-state index contributed by atoms with van der Waals surface area (Å²) in [6.45, 7) is 6.23. The van der Waals surface area contributed by atoms with Crippen LogP contribution < -0.4 is 11.1 Å². The number of hydrogen-bond acceptors (Lipinski definition) is 2. The summed E-state index contributed by atoms with van der Waals surface area (Å²) in [6, 6.07) is 0.0176. The lowest BCUT2D eigenvalue weighted by Crippen LogP contribution is -2.50. The Kier molecular flexibility index (Phi) is 4.78. The Morgan fingerprint density at radius 2 is 2.06 bits per heavy atom. The number of piperidine rings is 1. The number of urea groups is 1. The predicted octanol–water partition coefficient (Wildman–Crippen LogP) is 1.53. The fourth-order valence-corrected chi connectivity index (χ4v) is 1.96. The Labute approximate surface area is 103 Å². The first-order valence-electron chi connectivity index (χ1n) is 6.37. The minimum atomic E-state index is -0.222. The minimum Gasteiger partial charge on any atom is -0.387 e. The van der Waals surface area contributed by atoms with Gasteiger partial charge < -0.3 is 16.0 Å². The van der Waals surface area contributed by atoms with E-state index in [2.05, 4.69) is 12.2 Å². The second-order valence-electron chi connectivity index (χ2n) is 5.05. The van der Waals surface area contributed by atoms with Gasteiger partial charge in [-0.05, 0) is 19.3 Å². The van der Waals surface area contributed by atoms with Crippen molar-refractivity contribution >= 4 is 11.9 Å². The molecule has 1 aliphatic heterocycles. The number of rotatable bonds is 4. The lowest BCUT2D eigenvalue weighted by molar-refractivity contribution is 0.159. The van der Waals surface area contributed by atoms with Gasteiger partial charge in [-0.25, -0.2) is 4.79 Å². The van der Waals surface area contributed by atoms with Crippen LogP contribution in [-0.2, 0) is 0 Å². The number of nitrogens with one attached hydrogen (secondary N) is 2. The first kappa shape index (κ1) is 13.8. The summed E-state index contributed by atoms with van der Waals surface area (Å²) in [7, 11) is 0. The quantitative estimate of drug-likeness (QED) is 0.395. The highest BCUT2D eigenvalue weighted by Gasteiger charge is 2.34. The molecule has 1 saturated heterocycles. The van der Waals surface area contributed by atoms with Crippen LogP contribution in [0.3, 0.4) is 0 Å². The molecule has 4 N–H and O–H groups in total. The second kappa shape index (κ2) is 5.89. The first-order valence-corrected chi connectivity index (χ1v) is 6.37. The summed E-state index contributed by atoms with van der Waals surface area (Å²) in [5.41, 5.74) is 5.36. The van der Waals surface area contributed by atoms with Crippen molar-refractivity contribution in [1.29, 1.82) is 5.41 Å². The first-order chi connectivity index (χ1) is 7.99. The van der Waals surface area contributed by atoms with E-state index < -0.39 is 0 Å². The van der Waals surface area contributed by atoms with Gasteiger partial charge in [0.15, 0.2) is 0 Å². The maximum absolute atomic E-state index is 11.8. The summed E-state index contributed by atoms with van der Waals surface area (Å²) < 4.78 is 0. The van der Waals surface area contributed by atoms with Gasteiger partial charge in [0.05, 0.1) is 5.84 Å². The number of nitrogens with zero attached hydrogens (tertiary/aromatic N) is 1. The topological polar surface area (TPSA) is 82.2 Å². The predicted molar refractivity (Wildman–Crippen MR) is 69.1 cm³/mol. The average molecular weight is 240 g/mol. The van der Waals surface area contributed by atoms with E-state index in [0.717, 1.165) is 32.2 Å². The largest absolute Gasteiger partial charge is 0.387 e. The summed E-state index contributed by atoms with van der Waals surface area (Å²) in [5, 5.41) is 10.5. The Morgan fingerprint density at radius 1 is 1.47 bits per heavy atom. The van der Waals surface area contributed by atoms with Gasteiger partial charge in [0.25, 0.3) is 0 Å². The molecule has 1 aliphatic rings. The molecule has 0 spiro atoms. The lowest BCUT2D eigenvalue weighted by Gasteiger charge is -2.38. The van der Waals surface area contributed by atoms with Crippen LogP contribution in [0.4, 0.5) is 4.79 Å². The van der Waals surface area contributed by atoms with Crippen LogP contribution in [-0.4, -0.2) is 36.4 Å². The van der Waals surface area contributed by atoms with Gasteiger partial charge in [0, 0.05) is 25.0 Å². The van der Waals surface area contributed by atoms with Crippen LogP contribution in [0, 0.1) is 10.8 Å². The molecule has 0 aromatic heterocycles. The van der Waals surface area contributed by atoms with Crippen molar-refractivity contribution in [2.24, 2.45) is 11.1 Å². The van der Waals surface area contributed by atoms with Crippen molar-refractivity contribution in [3.8, 4) is 0 Å². The van der Waals surface area contributed by atoms with Gasteiger partial charge in [0.1, 0.15) is 0 Å². The van der Waals surface area contributed by atoms with E-state index in [4.69, 9.17) is 11.1 Å². The molecule has 0 bridgehead atoms. The molecule has 1 heterocycles. The van der Waals surface area contributed by atoms with Gasteiger partial charge in [-0.3, -0.25) is 5.41 Å². The fraction of sp³-hybridized carbons (Fsp3) is 0.833. The molecule has 0 atom stereocenters. The summed E-state index contributed by atoms with van der Waals surface area (Å²) >= 11 is 0. The van der Waals surface area contributed by atoms with Gasteiger partial charge >= 0.3 is 6.03 Å². The standard InChI is InChI=1S/C12H24N4O/c1-3-4-7-15-11(17)16-8-5-12(2,6-9-16)10(13)14/h3-9H2,1-2H3,(H3,13,14)(H,15,17). The van der Waals surface area contributed by atoms with Crippen molar-refractivity contribution < 1.29 is 4.79 Å². The molecular weight excluding hydrogens is 216 g/mol. The highest BCUT2D eigenvalue weighted by atomic mass is 16.2. The van der Waals surface area contributed by atoms with E-state index >= 15 is 0 Å². The van der Waals surface area contributed by atoms with Crippen LogP contribution in [0.2, 0.25) is 0 Å². The Balaban J connectivity index is 2.36. The monoisotopic (exact) mass is 240 g/mol. The van der Waals surface area contributed by atoms with Crippen molar-refractivity contribution in [3.63, 3.8) is 0 Å². The zero-order valence-electron chi connectivity index (χ0n) is 10.9. The van der Waals surface area contributed by atoms with E-state index in [0.29, 0.717) is 13.1 Å². The molecule has 0 aliphatic carbocycles. The molecule has 2 amide bonds. The maximum atomic E-state index is 11.8. The van der Waals surface area contributed by atoms with Crippen LogP contribution in [0.25, 0.3) is 0 Å². The third-order valence-electron chi connectivity index (χ3n) is 3.61. The molecule has 0 radical (unpaired) electrons. The van der Waals surface area contributed by atoms with E-state index in [9.17, 15) is 4.79 Å². The third-order valence-corrected chi connectivity index (χ3v) is 3.61. The number of hydrogen-bond donors (Lipinski definition) is 3. The third kappa shape index (κ3) is 3.61. The number of carbonyl (C=O) groups is 1. The molecule has 5 heteroatoms. The maximum Gasteiger partial charge on any atom is 0.317 e. The number of unbranched alkanes of at least 4 members (excludes halogenated alkanes) is 1. The van der Waals surface area contributed by atoms with Crippen LogP contribution in [0.5, 0.6) is 0 Å². The van der Waals surface area contributed by atoms with Crippen molar-refractivity contribution in [1.82, 2.24) is 10.2 Å². The van der Waals surface area contributed by atoms with Gasteiger partial charge in [0.2, 0.25) is 0 Å². The molecule has 17 heavy (non-hydrogen) atoms. The summed E-state index contributed by atoms with van der Waals surface area (Å²) in [4.78, 5) is 13.6. The van der Waals surface area contributed by atoms with Crippen molar-refractivity contribution in [2.75, 3.05) is 19.6 Å².